The molecule has 0 spiro atoms. The Morgan fingerprint density at radius 2 is 2.14 bits per heavy atom. The van der Waals surface area contributed by atoms with Crippen molar-refractivity contribution in [2.75, 3.05) is 13.7 Å². The van der Waals surface area contributed by atoms with E-state index in [-0.39, 0.29) is 0 Å². The minimum Gasteiger partial charge on any atom is -0.377 e. The van der Waals surface area contributed by atoms with Crippen LogP contribution in [0.15, 0.2) is 12.4 Å². The Morgan fingerprint density at radius 1 is 1.27 bits per heavy atom. The molecule has 3 rings (SSSR count). The third-order valence-electron chi connectivity index (χ3n) is 4.06. The first kappa shape index (κ1) is 15.1. The SMILES string of the molecule is COCc1nnc2n1CCN(Cc1cncc(C)n1)[C@@H](C)C2. The van der Waals surface area contributed by atoms with Crippen molar-refractivity contribution in [3.05, 3.63) is 35.4 Å². The number of ether oxygens (including phenoxy) is 1. The lowest BCUT2D eigenvalue weighted by atomic mass is 10.2. The van der Waals surface area contributed by atoms with Gasteiger partial charge in [0.05, 0.1) is 11.4 Å². The topological polar surface area (TPSA) is 69.0 Å². The number of aromatic nitrogens is 5. The molecule has 118 valence electrons. The van der Waals surface area contributed by atoms with Gasteiger partial charge in [-0.15, -0.1) is 10.2 Å². The minimum atomic E-state index is 0.392. The zero-order valence-corrected chi connectivity index (χ0v) is 13.4. The molecule has 0 N–H and O–H groups in total. The molecule has 0 saturated heterocycles. The molecule has 0 fully saturated rings. The highest BCUT2D eigenvalue weighted by atomic mass is 16.5. The van der Waals surface area contributed by atoms with Gasteiger partial charge in [0.1, 0.15) is 12.4 Å². The Hall–Kier alpha value is -1.86. The average Bonchev–Trinajstić information content (AvgIpc) is 2.78. The van der Waals surface area contributed by atoms with E-state index in [1.165, 1.54) is 0 Å². The van der Waals surface area contributed by atoms with E-state index in [2.05, 4.69) is 36.6 Å². The largest absolute Gasteiger partial charge is 0.377 e. The molecule has 0 saturated carbocycles. The third kappa shape index (κ3) is 3.15. The monoisotopic (exact) mass is 302 g/mol. The molecule has 0 radical (unpaired) electrons. The Kier molecular flexibility index (Phi) is 4.44. The van der Waals surface area contributed by atoms with Gasteiger partial charge >= 0.3 is 0 Å². The maximum absolute atomic E-state index is 5.20. The number of aryl methyl sites for hydroxylation is 1. The Balaban J connectivity index is 1.74. The summed E-state index contributed by atoms with van der Waals surface area (Å²) < 4.78 is 7.38. The van der Waals surface area contributed by atoms with E-state index < -0.39 is 0 Å². The van der Waals surface area contributed by atoms with Crippen molar-refractivity contribution >= 4 is 0 Å². The molecule has 22 heavy (non-hydrogen) atoms. The second-order valence-corrected chi connectivity index (χ2v) is 5.79. The molecule has 7 nitrogen and oxygen atoms in total. The summed E-state index contributed by atoms with van der Waals surface area (Å²) in [4.78, 5) is 11.2. The highest BCUT2D eigenvalue weighted by molar-refractivity contribution is 5.04. The fraction of sp³-hybridized carbons (Fsp3) is 0.600. The number of nitrogens with zero attached hydrogens (tertiary/aromatic N) is 6. The zero-order valence-electron chi connectivity index (χ0n) is 13.4. The summed E-state index contributed by atoms with van der Waals surface area (Å²) >= 11 is 0. The normalized spacial score (nSPS) is 19.0. The van der Waals surface area contributed by atoms with Crippen molar-refractivity contribution in [3.8, 4) is 0 Å². The van der Waals surface area contributed by atoms with Crippen LogP contribution in [0.3, 0.4) is 0 Å². The van der Waals surface area contributed by atoms with Gasteiger partial charge in [-0.25, -0.2) is 0 Å². The smallest absolute Gasteiger partial charge is 0.159 e. The van der Waals surface area contributed by atoms with Crippen molar-refractivity contribution in [2.45, 2.75) is 46.0 Å². The first-order valence-electron chi connectivity index (χ1n) is 7.59. The van der Waals surface area contributed by atoms with Gasteiger partial charge in [0.25, 0.3) is 0 Å². The lowest BCUT2D eigenvalue weighted by molar-refractivity contribution is 0.170. The van der Waals surface area contributed by atoms with Crippen LogP contribution in [0, 0.1) is 6.92 Å². The summed E-state index contributed by atoms with van der Waals surface area (Å²) in [7, 11) is 1.68. The van der Waals surface area contributed by atoms with Crippen molar-refractivity contribution < 1.29 is 4.74 Å². The molecular formula is C15H22N6O. The maximum Gasteiger partial charge on any atom is 0.159 e. The zero-order chi connectivity index (χ0) is 15.5. The summed E-state index contributed by atoms with van der Waals surface area (Å²) in [6.07, 6.45) is 4.52. The van der Waals surface area contributed by atoms with E-state index in [0.717, 1.165) is 49.1 Å². The van der Waals surface area contributed by atoms with E-state index in [9.17, 15) is 0 Å². The van der Waals surface area contributed by atoms with Gasteiger partial charge in [-0.1, -0.05) is 0 Å². The average molecular weight is 302 g/mol. The molecule has 0 aromatic carbocycles. The number of fused-ring (bicyclic) bond motifs is 1. The van der Waals surface area contributed by atoms with Gasteiger partial charge in [-0.3, -0.25) is 14.9 Å². The molecule has 0 aliphatic carbocycles. The van der Waals surface area contributed by atoms with Crippen LogP contribution in [0.1, 0.15) is 30.0 Å². The summed E-state index contributed by atoms with van der Waals surface area (Å²) in [6, 6.07) is 0.392. The second kappa shape index (κ2) is 6.50. The van der Waals surface area contributed by atoms with Crippen LogP contribution in [0.2, 0.25) is 0 Å². The van der Waals surface area contributed by atoms with Gasteiger partial charge < -0.3 is 9.30 Å². The fourth-order valence-corrected chi connectivity index (χ4v) is 2.89. The summed E-state index contributed by atoms with van der Waals surface area (Å²) in [5.74, 6) is 1.94. The number of rotatable bonds is 4. The molecular weight excluding hydrogens is 280 g/mol. The van der Waals surface area contributed by atoms with Crippen molar-refractivity contribution in [1.29, 1.82) is 0 Å². The molecule has 0 unspecified atom stereocenters. The van der Waals surface area contributed by atoms with Gasteiger partial charge in [0.2, 0.25) is 0 Å². The number of methoxy groups -OCH3 is 1. The molecule has 0 bridgehead atoms. The lowest BCUT2D eigenvalue weighted by Gasteiger charge is -2.25. The Bertz CT molecular complexity index is 641. The van der Waals surface area contributed by atoms with Gasteiger partial charge in [-0.05, 0) is 13.8 Å². The van der Waals surface area contributed by atoms with Gasteiger partial charge in [0.15, 0.2) is 5.82 Å². The maximum atomic E-state index is 5.20. The molecule has 1 atom stereocenters. The summed E-state index contributed by atoms with van der Waals surface area (Å²) in [5.41, 5.74) is 1.97. The fourth-order valence-electron chi connectivity index (χ4n) is 2.89. The molecule has 7 heteroatoms. The van der Waals surface area contributed by atoms with E-state index in [4.69, 9.17) is 4.74 Å². The van der Waals surface area contributed by atoms with Crippen LogP contribution in [0.4, 0.5) is 0 Å². The highest BCUT2D eigenvalue weighted by Gasteiger charge is 2.24. The van der Waals surface area contributed by atoms with Crippen LogP contribution >= 0.6 is 0 Å². The van der Waals surface area contributed by atoms with Crippen molar-refractivity contribution in [1.82, 2.24) is 29.6 Å². The van der Waals surface area contributed by atoms with Gasteiger partial charge in [0, 0.05) is 51.6 Å². The predicted octanol–water partition coefficient (Wildman–Crippen LogP) is 0.970. The van der Waals surface area contributed by atoms with Crippen LogP contribution in [0.25, 0.3) is 0 Å². The van der Waals surface area contributed by atoms with Crippen LogP contribution in [-0.2, 0) is 30.9 Å². The first-order valence-corrected chi connectivity index (χ1v) is 7.59. The van der Waals surface area contributed by atoms with Crippen LogP contribution in [0.5, 0.6) is 0 Å². The Labute approximate surface area is 130 Å². The molecule has 2 aromatic rings. The van der Waals surface area contributed by atoms with Gasteiger partial charge in [-0.2, -0.15) is 0 Å². The van der Waals surface area contributed by atoms with E-state index >= 15 is 0 Å². The minimum absolute atomic E-state index is 0.392. The number of hydrogen-bond acceptors (Lipinski definition) is 6. The molecule has 0 amide bonds. The van der Waals surface area contributed by atoms with E-state index in [1.807, 2.05) is 13.1 Å². The van der Waals surface area contributed by atoms with Crippen molar-refractivity contribution in [3.63, 3.8) is 0 Å². The molecule has 1 aliphatic heterocycles. The molecule has 3 heterocycles. The lowest BCUT2D eigenvalue weighted by Crippen LogP contribution is -2.34. The second-order valence-electron chi connectivity index (χ2n) is 5.79. The standard InChI is InChI=1S/C15H22N6O/c1-11-7-16-8-13(17-11)9-20-4-5-21-14(6-12(20)2)18-19-15(21)10-22-3/h7-8,12H,4-6,9-10H2,1-3H3/t12-/m0/s1. The highest BCUT2D eigenvalue weighted by Crippen LogP contribution is 2.17. The van der Waals surface area contributed by atoms with E-state index in [0.29, 0.717) is 12.6 Å². The summed E-state index contributed by atoms with van der Waals surface area (Å²) in [6.45, 7) is 7.34. The molecule has 1 aliphatic rings. The van der Waals surface area contributed by atoms with Crippen LogP contribution < -0.4 is 0 Å². The first-order chi connectivity index (χ1) is 10.7. The predicted molar refractivity (Wildman–Crippen MR) is 81.1 cm³/mol. The van der Waals surface area contributed by atoms with E-state index in [1.54, 1.807) is 13.3 Å². The Morgan fingerprint density at radius 3 is 2.91 bits per heavy atom. The number of hydrogen-bond donors (Lipinski definition) is 0. The van der Waals surface area contributed by atoms with Crippen molar-refractivity contribution in [2.24, 2.45) is 0 Å². The quantitative estimate of drug-likeness (QED) is 0.838. The third-order valence-corrected chi connectivity index (χ3v) is 4.06. The van der Waals surface area contributed by atoms with Crippen LogP contribution in [-0.4, -0.2) is 49.3 Å². The molecule has 2 aromatic heterocycles. The summed E-state index contributed by atoms with van der Waals surface area (Å²) in [5, 5.41) is 8.55.